The van der Waals surface area contributed by atoms with Gasteiger partial charge in [-0.3, -0.25) is 0 Å². The second-order valence-electron chi connectivity index (χ2n) is 4.87. The van der Waals surface area contributed by atoms with Crippen molar-refractivity contribution in [2.24, 2.45) is 11.1 Å². The molecule has 2 N–H and O–H groups in total. The van der Waals surface area contributed by atoms with Gasteiger partial charge in [0.2, 0.25) is 0 Å². The van der Waals surface area contributed by atoms with Gasteiger partial charge < -0.3 is 10.5 Å². The van der Waals surface area contributed by atoms with Gasteiger partial charge in [0.1, 0.15) is 6.61 Å². The van der Waals surface area contributed by atoms with Crippen molar-refractivity contribution in [3.05, 3.63) is 0 Å². The Bertz CT molecular complexity index is 215. The van der Waals surface area contributed by atoms with E-state index in [9.17, 15) is 13.2 Å². The Morgan fingerprint density at radius 1 is 1.40 bits per heavy atom. The van der Waals surface area contributed by atoms with Crippen LogP contribution in [0.2, 0.25) is 0 Å². The molecule has 5 heteroatoms. The zero-order chi connectivity index (χ0) is 11.7. The Hall–Kier alpha value is -0.290. The lowest BCUT2D eigenvalue weighted by atomic mass is 9.72. The van der Waals surface area contributed by atoms with Crippen molar-refractivity contribution in [3.63, 3.8) is 0 Å². The molecule has 0 aromatic rings. The average molecular weight is 225 g/mol. The van der Waals surface area contributed by atoms with Crippen LogP contribution in [0, 0.1) is 5.41 Å². The van der Waals surface area contributed by atoms with Crippen LogP contribution in [0.5, 0.6) is 0 Å². The van der Waals surface area contributed by atoms with Crippen LogP contribution >= 0.6 is 0 Å². The fourth-order valence-corrected chi connectivity index (χ4v) is 2.00. The van der Waals surface area contributed by atoms with E-state index >= 15 is 0 Å². The van der Waals surface area contributed by atoms with Gasteiger partial charge in [-0.05, 0) is 18.3 Å². The summed E-state index contributed by atoms with van der Waals surface area (Å²) in [5.41, 5.74) is 5.76. The van der Waals surface area contributed by atoms with Crippen LogP contribution in [0.3, 0.4) is 0 Å². The molecule has 2 unspecified atom stereocenters. The summed E-state index contributed by atoms with van der Waals surface area (Å²) in [7, 11) is 0. The topological polar surface area (TPSA) is 35.2 Å². The van der Waals surface area contributed by atoms with Crippen molar-refractivity contribution in [1.82, 2.24) is 0 Å². The lowest BCUT2D eigenvalue weighted by molar-refractivity contribution is -0.193. The van der Waals surface area contributed by atoms with E-state index in [1.165, 1.54) is 0 Å². The number of halogens is 3. The first-order valence-corrected chi connectivity index (χ1v) is 5.16. The molecule has 1 aliphatic rings. The molecule has 1 aliphatic carbocycles. The predicted octanol–water partition coefficient (Wildman–Crippen LogP) is 2.47. The van der Waals surface area contributed by atoms with Gasteiger partial charge in [0.05, 0.1) is 6.10 Å². The van der Waals surface area contributed by atoms with E-state index in [1.807, 2.05) is 13.8 Å². The molecule has 0 heterocycles. The monoisotopic (exact) mass is 225 g/mol. The van der Waals surface area contributed by atoms with Crippen LogP contribution in [-0.2, 0) is 4.74 Å². The molecule has 2 nitrogen and oxygen atoms in total. The van der Waals surface area contributed by atoms with E-state index in [0.29, 0.717) is 6.42 Å². The number of ether oxygens (including phenoxy) is 1. The molecule has 0 bridgehead atoms. The van der Waals surface area contributed by atoms with Crippen LogP contribution in [0.15, 0.2) is 0 Å². The molecule has 0 aromatic heterocycles. The molecule has 0 aromatic carbocycles. The molecule has 90 valence electrons. The summed E-state index contributed by atoms with van der Waals surface area (Å²) in [4.78, 5) is 0. The number of alkyl halides is 3. The van der Waals surface area contributed by atoms with Gasteiger partial charge in [0, 0.05) is 6.04 Å². The second-order valence-corrected chi connectivity index (χ2v) is 4.87. The normalized spacial score (nSPS) is 31.6. The van der Waals surface area contributed by atoms with E-state index in [2.05, 4.69) is 0 Å². The Labute approximate surface area is 88.0 Å². The predicted molar refractivity (Wildman–Crippen MR) is 51.4 cm³/mol. The first-order chi connectivity index (χ1) is 6.72. The van der Waals surface area contributed by atoms with Crippen molar-refractivity contribution in [2.45, 2.75) is 51.4 Å². The molecule has 15 heavy (non-hydrogen) atoms. The molecule has 0 aliphatic heterocycles. The Morgan fingerprint density at radius 2 is 2.00 bits per heavy atom. The zero-order valence-corrected chi connectivity index (χ0v) is 9.10. The summed E-state index contributed by atoms with van der Waals surface area (Å²) in [6, 6.07) is -0.311. The van der Waals surface area contributed by atoms with E-state index in [1.54, 1.807) is 0 Å². The first kappa shape index (κ1) is 12.8. The number of hydrogen-bond donors (Lipinski definition) is 1. The first-order valence-electron chi connectivity index (χ1n) is 5.16. The van der Waals surface area contributed by atoms with Crippen LogP contribution in [0.4, 0.5) is 13.2 Å². The molecule has 2 atom stereocenters. The zero-order valence-electron chi connectivity index (χ0n) is 9.10. The lowest BCUT2D eigenvalue weighted by Gasteiger charge is -2.41. The third-order valence-corrected chi connectivity index (χ3v) is 3.07. The highest BCUT2D eigenvalue weighted by molar-refractivity contribution is 4.92. The standard InChI is InChI=1S/C10H18F3NO/c1-9(2)5-3-4-7(8(9)14)15-6-10(11,12)13/h7-8H,3-6,14H2,1-2H3. The number of hydrogen-bond acceptors (Lipinski definition) is 2. The fourth-order valence-electron chi connectivity index (χ4n) is 2.00. The van der Waals surface area contributed by atoms with Crippen LogP contribution in [0.25, 0.3) is 0 Å². The molecule has 0 saturated heterocycles. The van der Waals surface area contributed by atoms with Gasteiger partial charge in [-0.15, -0.1) is 0 Å². The van der Waals surface area contributed by atoms with Gasteiger partial charge >= 0.3 is 6.18 Å². The second kappa shape index (κ2) is 4.29. The van der Waals surface area contributed by atoms with Crippen LogP contribution in [0.1, 0.15) is 33.1 Å². The molecular weight excluding hydrogens is 207 g/mol. The van der Waals surface area contributed by atoms with Gasteiger partial charge in [-0.2, -0.15) is 13.2 Å². The summed E-state index contributed by atoms with van der Waals surface area (Å²) >= 11 is 0. The highest BCUT2D eigenvalue weighted by Gasteiger charge is 2.39. The smallest absolute Gasteiger partial charge is 0.367 e. The van der Waals surface area contributed by atoms with Gasteiger partial charge in [0.15, 0.2) is 0 Å². The minimum Gasteiger partial charge on any atom is -0.367 e. The number of nitrogens with two attached hydrogens (primary N) is 1. The van der Waals surface area contributed by atoms with Gasteiger partial charge in [-0.25, -0.2) is 0 Å². The van der Waals surface area contributed by atoms with Crippen LogP contribution in [-0.4, -0.2) is 24.9 Å². The summed E-state index contributed by atoms with van der Waals surface area (Å²) in [6.45, 7) is 2.75. The average Bonchev–Trinajstić information content (AvgIpc) is 2.06. The molecule has 1 fully saturated rings. The fraction of sp³-hybridized carbons (Fsp3) is 1.00. The maximum absolute atomic E-state index is 12.0. The van der Waals surface area contributed by atoms with Gasteiger partial charge in [0.25, 0.3) is 0 Å². The van der Waals surface area contributed by atoms with Crippen molar-refractivity contribution in [1.29, 1.82) is 0 Å². The van der Waals surface area contributed by atoms with Crippen molar-refractivity contribution < 1.29 is 17.9 Å². The Kier molecular flexibility index (Phi) is 3.66. The molecule has 1 saturated carbocycles. The maximum Gasteiger partial charge on any atom is 0.411 e. The van der Waals surface area contributed by atoms with Crippen molar-refractivity contribution in [2.75, 3.05) is 6.61 Å². The van der Waals surface area contributed by atoms with Crippen LogP contribution < -0.4 is 5.73 Å². The third kappa shape index (κ3) is 3.65. The molecule has 0 radical (unpaired) electrons. The molecule has 1 rings (SSSR count). The van der Waals surface area contributed by atoms with E-state index in [4.69, 9.17) is 10.5 Å². The largest absolute Gasteiger partial charge is 0.411 e. The minimum absolute atomic E-state index is 0.130. The Balaban J connectivity index is 2.48. The minimum atomic E-state index is -4.26. The number of rotatable bonds is 2. The quantitative estimate of drug-likeness (QED) is 0.783. The van der Waals surface area contributed by atoms with Crippen molar-refractivity contribution >= 4 is 0 Å². The summed E-state index contributed by atoms with van der Waals surface area (Å²) in [5.74, 6) is 0. The Morgan fingerprint density at radius 3 is 2.53 bits per heavy atom. The SMILES string of the molecule is CC1(C)CCCC(OCC(F)(F)F)C1N. The summed E-state index contributed by atoms with van der Waals surface area (Å²) in [6.07, 6.45) is -2.28. The lowest BCUT2D eigenvalue weighted by Crippen LogP contribution is -2.51. The third-order valence-electron chi connectivity index (χ3n) is 3.07. The molecular formula is C10H18F3NO. The highest BCUT2D eigenvalue weighted by Crippen LogP contribution is 2.36. The maximum atomic E-state index is 12.0. The highest BCUT2D eigenvalue weighted by atomic mass is 19.4. The summed E-state index contributed by atoms with van der Waals surface area (Å²) in [5, 5.41) is 0. The molecule has 0 amide bonds. The van der Waals surface area contributed by atoms with Gasteiger partial charge in [-0.1, -0.05) is 20.3 Å². The van der Waals surface area contributed by atoms with E-state index in [-0.39, 0.29) is 11.5 Å². The molecule has 0 spiro atoms. The van der Waals surface area contributed by atoms with Crippen molar-refractivity contribution in [3.8, 4) is 0 Å². The van der Waals surface area contributed by atoms with E-state index in [0.717, 1.165) is 12.8 Å². The summed E-state index contributed by atoms with van der Waals surface area (Å²) < 4.78 is 40.7. The van der Waals surface area contributed by atoms with E-state index < -0.39 is 18.9 Å².